The van der Waals surface area contributed by atoms with Crippen molar-refractivity contribution in [2.75, 3.05) is 7.11 Å². The minimum absolute atomic E-state index is 0.0661. The maximum atomic E-state index is 13.7. The Morgan fingerprint density at radius 3 is 2.42 bits per heavy atom. The fraction of sp³-hybridized carbons (Fsp3) is 0.120. The molecule has 0 aliphatic carbocycles. The second kappa shape index (κ2) is 8.83. The third kappa shape index (κ3) is 4.64. The number of halogens is 1. The number of hydrogen-bond acceptors (Lipinski definition) is 4. The molecule has 0 bridgehead atoms. The molecule has 5 nitrogen and oxygen atoms in total. The zero-order chi connectivity index (χ0) is 21.8. The molecule has 0 radical (unpaired) electrons. The fourth-order valence-corrected chi connectivity index (χ4v) is 3.39. The standard InChI is InChI=1S/C25H20FNO4/c1-30-21-11-9-17(10-12-21)15-27(16-18-5-4-7-20(26)13-18)24(28)22-14-19-6-2-3-8-23(19)31-25(22)29/h2-14H,15-16H2,1H3. The molecule has 4 rings (SSSR count). The third-order valence-corrected chi connectivity index (χ3v) is 4.95. The molecule has 1 heterocycles. The van der Waals surface area contributed by atoms with E-state index in [-0.39, 0.29) is 24.5 Å². The van der Waals surface area contributed by atoms with E-state index < -0.39 is 11.5 Å². The van der Waals surface area contributed by atoms with Crippen molar-refractivity contribution in [3.8, 4) is 5.75 Å². The Hall–Kier alpha value is -3.93. The van der Waals surface area contributed by atoms with Crippen molar-refractivity contribution in [1.82, 2.24) is 4.90 Å². The molecule has 0 fully saturated rings. The maximum Gasteiger partial charge on any atom is 0.349 e. The largest absolute Gasteiger partial charge is 0.497 e. The van der Waals surface area contributed by atoms with Crippen LogP contribution in [0.4, 0.5) is 4.39 Å². The first-order chi connectivity index (χ1) is 15.0. The Morgan fingerprint density at radius 2 is 1.68 bits per heavy atom. The lowest BCUT2D eigenvalue weighted by molar-refractivity contribution is 0.0725. The highest BCUT2D eigenvalue weighted by atomic mass is 19.1. The smallest absolute Gasteiger partial charge is 0.349 e. The van der Waals surface area contributed by atoms with E-state index in [0.717, 1.165) is 5.56 Å². The SMILES string of the molecule is COc1ccc(CN(Cc2cccc(F)c2)C(=O)c2cc3ccccc3oc2=O)cc1. The second-order valence-electron chi connectivity index (χ2n) is 7.12. The van der Waals surface area contributed by atoms with Gasteiger partial charge in [-0.25, -0.2) is 9.18 Å². The Bertz CT molecular complexity index is 1280. The Balaban J connectivity index is 1.70. The van der Waals surface area contributed by atoms with E-state index in [4.69, 9.17) is 9.15 Å². The van der Waals surface area contributed by atoms with Crippen molar-refractivity contribution in [3.63, 3.8) is 0 Å². The average Bonchev–Trinajstić information content (AvgIpc) is 2.78. The number of ether oxygens (including phenoxy) is 1. The van der Waals surface area contributed by atoms with Crippen LogP contribution in [0.25, 0.3) is 11.0 Å². The van der Waals surface area contributed by atoms with Gasteiger partial charge in [-0.3, -0.25) is 4.79 Å². The van der Waals surface area contributed by atoms with Gasteiger partial charge in [0.2, 0.25) is 0 Å². The van der Waals surface area contributed by atoms with Crippen molar-refractivity contribution in [1.29, 1.82) is 0 Å². The molecule has 31 heavy (non-hydrogen) atoms. The van der Waals surface area contributed by atoms with Gasteiger partial charge in [0.05, 0.1) is 7.11 Å². The van der Waals surface area contributed by atoms with Crippen LogP contribution < -0.4 is 10.4 Å². The van der Waals surface area contributed by atoms with E-state index >= 15 is 0 Å². The molecule has 0 saturated carbocycles. The van der Waals surface area contributed by atoms with Gasteiger partial charge in [0.25, 0.3) is 5.91 Å². The summed E-state index contributed by atoms with van der Waals surface area (Å²) in [5.74, 6) is -0.180. The Labute approximate surface area is 178 Å². The van der Waals surface area contributed by atoms with Crippen LogP contribution in [0.5, 0.6) is 5.75 Å². The minimum atomic E-state index is -0.706. The van der Waals surface area contributed by atoms with E-state index in [1.165, 1.54) is 23.1 Å². The molecule has 0 aliphatic rings. The molecule has 0 saturated heterocycles. The van der Waals surface area contributed by atoms with Crippen LogP contribution >= 0.6 is 0 Å². The molecule has 1 amide bonds. The summed E-state index contributed by atoms with van der Waals surface area (Å²) < 4.78 is 24.2. The van der Waals surface area contributed by atoms with Crippen LogP contribution in [0.3, 0.4) is 0 Å². The molecule has 3 aromatic carbocycles. The molecule has 156 valence electrons. The Morgan fingerprint density at radius 1 is 0.935 bits per heavy atom. The topological polar surface area (TPSA) is 59.8 Å². The summed E-state index contributed by atoms with van der Waals surface area (Å²) in [5, 5.41) is 0.653. The monoisotopic (exact) mass is 417 g/mol. The zero-order valence-electron chi connectivity index (χ0n) is 16.9. The molecule has 0 atom stereocenters. The molecule has 0 N–H and O–H groups in total. The summed E-state index contributed by atoms with van der Waals surface area (Å²) in [6.45, 7) is 0.362. The lowest BCUT2D eigenvalue weighted by atomic mass is 10.1. The van der Waals surface area contributed by atoms with Gasteiger partial charge in [-0.05, 0) is 47.5 Å². The second-order valence-corrected chi connectivity index (χ2v) is 7.12. The quantitative estimate of drug-likeness (QED) is 0.424. The third-order valence-electron chi connectivity index (χ3n) is 4.95. The normalized spacial score (nSPS) is 10.8. The number of methoxy groups -OCH3 is 1. The van der Waals surface area contributed by atoms with Gasteiger partial charge in [-0.1, -0.05) is 42.5 Å². The van der Waals surface area contributed by atoms with Crippen LogP contribution in [0.2, 0.25) is 0 Å². The van der Waals surface area contributed by atoms with E-state index in [1.807, 2.05) is 12.1 Å². The molecule has 0 spiro atoms. The first-order valence-electron chi connectivity index (χ1n) is 9.73. The minimum Gasteiger partial charge on any atom is -0.497 e. The van der Waals surface area contributed by atoms with E-state index in [9.17, 15) is 14.0 Å². The van der Waals surface area contributed by atoms with Gasteiger partial charge >= 0.3 is 5.63 Å². The van der Waals surface area contributed by atoms with Crippen molar-refractivity contribution < 1.29 is 18.3 Å². The number of hydrogen-bond donors (Lipinski definition) is 0. The zero-order valence-corrected chi connectivity index (χ0v) is 16.9. The summed E-state index contributed by atoms with van der Waals surface area (Å²) in [6, 6.07) is 21.9. The van der Waals surface area contributed by atoms with Crippen LogP contribution in [-0.4, -0.2) is 17.9 Å². The first-order valence-corrected chi connectivity index (χ1v) is 9.73. The highest BCUT2D eigenvalue weighted by molar-refractivity contribution is 5.96. The number of carbonyl (C=O) groups is 1. The predicted molar refractivity (Wildman–Crippen MR) is 115 cm³/mol. The number of amides is 1. The fourth-order valence-electron chi connectivity index (χ4n) is 3.39. The molecule has 0 aliphatic heterocycles. The van der Waals surface area contributed by atoms with E-state index in [0.29, 0.717) is 22.3 Å². The van der Waals surface area contributed by atoms with Gasteiger partial charge in [0, 0.05) is 18.5 Å². The number of benzene rings is 3. The van der Waals surface area contributed by atoms with Crippen LogP contribution in [0.15, 0.2) is 88.1 Å². The first kappa shape index (κ1) is 20.3. The van der Waals surface area contributed by atoms with Crippen molar-refractivity contribution >= 4 is 16.9 Å². The summed E-state index contributed by atoms with van der Waals surface area (Å²) in [6.07, 6.45) is 0. The number of carbonyl (C=O) groups excluding carboxylic acids is 1. The van der Waals surface area contributed by atoms with Crippen molar-refractivity contribution in [3.05, 3.63) is 112 Å². The summed E-state index contributed by atoms with van der Waals surface area (Å²) >= 11 is 0. The molecular formula is C25H20FNO4. The van der Waals surface area contributed by atoms with Gasteiger partial charge in [-0.2, -0.15) is 0 Å². The highest BCUT2D eigenvalue weighted by Crippen LogP contribution is 2.19. The summed E-state index contributed by atoms with van der Waals surface area (Å²) in [4.78, 5) is 27.4. The summed E-state index contributed by atoms with van der Waals surface area (Å²) in [5.41, 5.74) is 1.10. The highest BCUT2D eigenvalue weighted by Gasteiger charge is 2.21. The average molecular weight is 417 g/mol. The van der Waals surface area contributed by atoms with Gasteiger partial charge in [0.1, 0.15) is 22.7 Å². The lowest BCUT2D eigenvalue weighted by Crippen LogP contribution is -2.33. The predicted octanol–water partition coefficient (Wildman–Crippen LogP) is 4.78. The number of nitrogens with zero attached hydrogens (tertiary/aromatic N) is 1. The van der Waals surface area contributed by atoms with Gasteiger partial charge in [-0.15, -0.1) is 0 Å². The molecule has 0 unspecified atom stereocenters. The maximum absolute atomic E-state index is 13.7. The molecular weight excluding hydrogens is 397 g/mol. The van der Waals surface area contributed by atoms with Crippen LogP contribution in [-0.2, 0) is 13.1 Å². The van der Waals surface area contributed by atoms with E-state index in [2.05, 4.69) is 0 Å². The van der Waals surface area contributed by atoms with Crippen LogP contribution in [0.1, 0.15) is 21.5 Å². The van der Waals surface area contributed by atoms with E-state index in [1.54, 1.807) is 55.6 Å². The van der Waals surface area contributed by atoms with Crippen molar-refractivity contribution in [2.24, 2.45) is 0 Å². The molecule has 1 aromatic heterocycles. The molecule has 6 heteroatoms. The lowest BCUT2D eigenvalue weighted by Gasteiger charge is -2.23. The van der Waals surface area contributed by atoms with Crippen LogP contribution in [0, 0.1) is 5.82 Å². The Kier molecular flexibility index (Phi) is 5.80. The van der Waals surface area contributed by atoms with Crippen molar-refractivity contribution in [2.45, 2.75) is 13.1 Å². The number of rotatable bonds is 6. The van der Waals surface area contributed by atoms with Gasteiger partial charge in [0.15, 0.2) is 0 Å². The number of fused-ring (bicyclic) bond motifs is 1. The number of para-hydroxylation sites is 1. The summed E-state index contributed by atoms with van der Waals surface area (Å²) in [7, 11) is 1.58. The molecule has 4 aromatic rings. The van der Waals surface area contributed by atoms with Gasteiger partial charge < -0.3 is 14.1 Å².